The van der Waals surface area contributed by atoms with Gasteiger partial charge in [0.25, 0.3) is 5.91 Å². The summed E-state index contributed by atoms with van der Waals surface area (Å²) >= 11 is 0. The minimum absolute atomic E-state index is 0.205. The van der Waals surface area contributed by atoms with E-state index in [1.54, 1.807) is 13.0 Å². The molecular weight excluding hydrogens is 262 g/mol. The number of carbonyl (C=O) groups excluding carboxylic acids is 1. The Kier molecular flexibility index (Phi) is 6.05. The molecule has 20 heavy (non-hydrogen) atoms. The molecule has 0 spiro atoms. The Balaban J connectivity index is 2.88. The number of hydrogen-bond donors (Lipinski definition) is 2. The number of hydrogen-bond acceptors (Lipinski definition) is 5. The van der Waals surface area contributed by atoms with Crippen molar-refractivity contribution in [1.82, 2.24) is 15.5 Å². The molecule has 0 aliphatic carbocycles. The number of rotatable bonds is 7. The molecule has 1 atom stereocenters. The van der Waals surface area contributed by atoms with Crippen LogP contribution in [0.5, 0.6) is 0 Å². The first-order valence-electron chi connectivity index (χ1n) is 6.35. The number of nitrogens with one attached hydrogen (secondary N) is 1. The van der Waals surface area contributed by atoms with Crippen molar-refractivity contribution < 1.29 is 19.4 Å². The molecule has 0 saturated carbocycles. The maximum absolute atomic E-state index is 12.2. The Hall–Kier alpha value is -2.02. The van der Waals surface area contributed by atoms with Gasteiger partial charge in [-0.3, -0.25) is 4.79 Å². The molecule has 1 aromatic heterocycles. The molecule has 7 nitrogen and oxygen atoms in total. The number of ether oxygens (including phenoxy) is 1. The van der Waals surface area contributed by atoms with Gasteiger partial charge >= 0.3 is 5.97 Å². The minimum Gasteiger partial charge on any atom is -0.480 e. The van der Waals surface area contributed by atoms with Crippen LogP contribution in [0.2, 0.25) is 0 Å². The molecule has 1 amide bonds. The van der Waals surface area contributed by atoms with Crippen molar-refractivity contribution in [3.05, 3.63) is 23.0 Å². The standard InChI is InChI=1S/C13H19N3O4/c1-4-10-9(7-8(2)15-16-10)12(17)14-11(13(18)19)5-6-20-3/h7,11H,4-6H2,1-3H3,(H,14,17)(H,18,19). The molecule has 2 N–H and O–H groups in total. The van der Waals surface area contributed by atoms with Crippen molar-refractivity contribution in [2.75, 3.05) is 13.7 Å². The highest BCUT2D eigenvalue weighted by Gasteiger charge is 2.22. The van der Waals surface area contributed by atoms with Crippen molar-refractivity contribution in [3.63, 3.8) is 0 Å². The summed E-state index contributed by atoms with van der Waals surface area (Å²) in [6.07, 6.45) is 0.752. The normalized spacial score (nSPS) is 11.9. The van der Waals surface area contributed by atoms with Gasteiger partial charge < -0.3 is 15.2 Å². The zero-order chi connectivity index (χ0) is 15.1. The van der Waals surface area contributed by atoms with E-state index < -0.39 is 17.9 Å². The number of carboxylic acid groups (broad SMARTS) is 1. The number of nitrogens with zero attached hydrogens (tertiary/aromatic N) is 2. The van der Waals surface area contributed by atoms with E-state index in [9.17, 15) is 9.59 Å². The number of methoxy groups -OCH3 is 1. The van der Waals surface area contributed by atoms with E-state index in [-0.39, 0.29) is 13.0 Å². The SMILES string of the molecule is CCc1nnc(C)cc1C(=O)NC(CCOC)C(=O)O. The van der Waals surface area contributed by atoms with Crippen LogP contribution >= 0.6 is 0 Å². The molecule has 1 rings (SSSR count). The van der Waals surface area contributed by atoms with Crippen LogP contribution in [0, 0.1) is 6.92 Å². The maximum Gasteiger partial charge on any atom is 0.326 e. The predicted molar refractivity (Wildman–Crippen MR) is 71.5 cm³/mol. The lowest BCUT2D eigenvalue weighted by Crippen LogP contribution is -2.42. The van der Waals surface area contributed by atoms with Crippen LogP contribution in [0.1, 0.15) is 35.1 Å². The lowest BCUT2D eigenvalue weighted by molar-refractivity contribution is -0.139. The molecule has 0 saturated heterocycles. The van der Waals surface area contributed by atoms with Crippen molar-refractivity contribution >= 4 is 11.9 Å². The van der Waals surface area contributed by atoms with E-state index in [4.69, 9.17) is 9.84 Å². The van der Waals surface area contributed by atoms with E-state index in [0.717, 1.165) is 0 Å². The summed E-state index contributed by atoms with van der Waals surface area (Å²) in [5, 5.41) is 19.4. The molecule has 0 aromatic carbocycles. The monoisotopic (exact) mass is 281 g/mol. The van der Waals surface area contributed by atoms with Gasteiger partial charge in [-0.15, -0.1) is 0 Å². The highest BCUT2D eigenvalue weighted by atomic mass is 16.5. The van der Waals surface area contributed by atoms with Gasteiger partial charge in [0.1, 0.15) is 6.04 Å². The number of carboxylic acids is 1. The summed E-state index contributed by atoms with van der Waals surface area (Å²) in [5.41, 5.74) is 1.52. The number of carbonyl (C=O) groups is 2. The van der Waals surface area contributed by atoms with Gasteiger partial charge in [0.2, 0.25) is 0 Å². The van der Waals surface area contributed by atoms with E-state index in [1.807, 2.05) is 6.92 Å². The highest BCUT2D eigenvalue weighted by molar-refractivity contribution is 5.97. The maximum atomic E-state index is 12.2. The Morgan fingerprint density at radius 3 is 2.70 bits per heavy atom. The first-order chi connectivity index (χ1) is 9.49. The summed E-state index contributed by atoms with van der Waals surface area (Å²) in [6, 6.07) is 0.622. The molecule has 0 aliphatic rings. The fraction of sp³-hybridized carbons (Fsp3) is 0.538. The topological polar surface area (TPSA) is 101 Å². The molecule has 0 fully saturated rings. The molecule has 0 bridgehead atoms. The molecule has 110 valence electrons. The Morgan fingerprint density at radius 2 is 2.15 bits per heavy atom. The van der Waals surface area contributed by atoms with Crippen molar-refractivity contribution in [2.24, 2.45) is 0 Å². The quantitative estimate of drug-likeness (QED) is 0.757. The third-order valence-corrected chi connectivity index (χ3v) is 2.79. The van der Waals surface area contributed by atoms with Crippen LogP contribution in [0.3, 0.4) is 0 Å². The summed E-state index contributed by atoms with van der Waals surface area (Å²) < 4.78 is 4.84. The number of aliphatic carboxylic acids is 1. The third kappa shape index (κ3) is 4.27. The van der Waals surface area contributed by atoms with Crippen molar-refractivity contribution in [1.29, 1.82) is 0 Å². The predicted octanol–water partition coefficient (Wildman–Crippen LogP) is 0.567. The zero-order valence-corrected chi connectivity index (χ0v) is 11.8. The van der Waals surface area contributed by atoms with E-state index in [2.05, 4.69) is 15.5 Å². The molecule has 1 unspecified atom stereocenters. The van der Waals surface area contributed by atoms with E-state index in [1.165, 1.54) is 7.11 Å². The lowest BCUT2D eigenvalue weighted by atomic mass is 10.1. The molecule has 0 aliphatic heterocycles. The average Bonchev–Trinajstić information content (AvgIpc) is 2.42. The Bertz CT molecular complexity index is 491. The summed E-state index contributed by atoms with van der Waals surface area (Å²) in [5.74, 6) is -1.55. The summed E-state index contributed by atoms with van der Waals surface area (Å²) in [6.45, 7) is 3.84. The molecular formula is C13H19N3O4. The van der Waals surface area contributed by atoms with E-state index >= 15 is 0 Å². The molecule has 0 radical (unpaired) electrons. The van der Waals surface area contributed by atoms with Gasteiger partial charge in [-0.25, -0.2) is 4.79 Å². The second-order valence-electron chi connectivity index (χ2n) is 4.35. The average molecular weight is 281 g/mol. The van der Waals surface area contributed by atoms with Crippen LogP contribution in [0.25, 0.3) is 0 Å². The first-order valence-corrected chi connectivity index (χ1v) is 6.35. The van der Waals surface area contributed by atoms with Crippen molar-refractivity contribution in [2.45, 2.75) is 32.7 Å². The fourth-order valence-electron chi connectivity index (χ4n) is 1.70. The second-order valence-corrected chi connectivity index (χ2v) is 4.35. The highest BCUT2D eigenvalue weighted by Crippen LogP contribution is 2.08. The summed E-state index contributed by atoms with van der Waals surface area (Å²) in [7, 11) is 1.48. The van der Waals surface area contributed by atoms with Gasteiger partial charge in [0, 0.05) is 20.1 Å². The van der Waals surface area contributed by atoms with Crippen LogP contribution in [0.15, 0.2) is 6.07 Å². The first kappa shape index (κ1) is 16.0. The van der Waals surface area contributed by atoms with Gasteiger partial charge in [-0.1, -0.05) is 6.92 Å². The summed E-state index contributed by atoms with van der Waals surface area (Å²) in [4.78, 5) is 23.3. The molecule has 7 heteroatoms. The lowest BCUT2D eigenvalue weighted by Gasteiger charge is -2.15. The van der Waals surface area contributed by atoms with Crippen LogP contribution in [0.4, 0.5) is 0 Å². The van der Waals surface area contributed by atoms with Crippen LogP contribution in [-0.2, 0) is 16.0 Å². The number of amides is 1. The Labute approximate surface area is 117 Å². The van der Waals surface area contributed by atoms with Crippen LogP contribution in [-0.4, -0.2) is 46.9 Å². The van der Waals surface area contributed by atoms with E-state index in [0.29, 0.717) is 23.4 Å². The van der Waals surface area contributed by atoms with Crippen molar-refractivity contribution in [3.8, 4) is 0 Å². The van der Waals surface area contributed by atoms with Gasteiger partial charge in [0.05, 0.1) is 17.0 Å². The third-order valence-electron chi connectivity index (χ3n) is 2.79. The zero-order valence-electron chi connectivity index (χ0n) is 11.8. The smallest absolute Gasteiger partial charge is 0.326 e. The Morgan fingerprint density at radius 1 is 1.45 bits per heavy atom. The van der Waals surface area contributed by atoms with Crippen LogP contribution < -0.4 is 5.32 Å². The molecule has 1 aromatic rings. The largest absolute Gasteiger partial charge is 0.480 e. The van der Waals surface area contributed by atoms with Gasteiger partial charge in [0.15, 0.2) is 0 Å². The van der Waals surface area contributed by atoms with Gasteiger partial charge in [-0.2, -0.15) is 10.2 Å². The second kappa shape index (κ2) is 7.54. The molecule has 1 heterocycles. The van der Waals surface area contributed by atoms with Gasteiger partial charge in [-0.05, 0) is 19.4 Å². The fourth-order valence-corrected chi connectivity index (χ4v) is 1.70. The number of aryl methyl sites for hydroxylation is 2. The minimum atomic E-state index is -1.09. The number of aromatic nitrogens is 2.